The lowest BCUT2D eigenvalue weighted by atomic mass is 9.88. The third-order valence-corrected chi connectivity index (χ3v) is 4.82. The number of hydrogen-bond acceptors (Lipinski definition) is 2. The molecular weight excluding hydrogens is 305 g/mol. The van der Waals surface area contributed by atoms with E-state index >= 15 is 0 Å². The highest BCUT2D eigenvalue weighted by Gasteiger charge is 2.27. The van der Waals surface area contributed by atoms with Crippen molar-refractivity contribution in [2.75, 3.05) is 20.7 Å². The smallest absolute Gasteiger partial charge is 0.119 e. The molecule has 0 spiro atoms. The fourth-order valence-corrected chi connectivity index (χ4v) is 3.27. The van der Waals surface area contributed by atoms with E-state index in [2.05, 4.69) is 24.1 Å². The number of hydrogen-bond donors (Lipinski definition) is 0. The van der Waals surface area contributed by atoms with Crippen LogP contribution in [0.2, 0.25) is 10.0 Å². The van der Waals surface area contributed by atoms with Crippen molar-refractivity contribution in [2.24, 2.45) is 0 Å². The molecule has 0 saturated heterocycles. The lowest BCUT2D eigenvalue weighted by molar-refractivity contribution is 0.264. The minimum atomic E-state index is 0.179. The normalized spacial score (nSPS) is 18.4. The summed E-state index contributed by atoms with van der Waals surface area (Å²) >= 11 is 12.2. The van der Waals surface area contributed by atoms with Gasteiger partial charge in [0, 0.05) is 6.54 Å². The second kappa shape index (κ2) is 5.88. The van der Waals surface area contributed by atoms with Crippen LogP contribution < -0.4 is 4.74 Å². The predicted molar refractivity (Wildman–Crippen MR) is 87.6 cm³/mol. The van der Waals surface area contributed by atoms with E-state index in [9.17, 15) is 0 Å². The number of rotatable bonds is 2. The van der Waals surface area contributed by atoms with Crippen molar-refractivity contribution < 1.29 is 4.74 Å². The number of likely N-dealkylation sites (N-methyl/N-ethyl adjacent to an activating group) is 1. The summed E-state index contributed by atoms with van der Waals surface area (Å²) in [5, 5.41) is 1.18. The second-order valence-electron chi connectivity index (χ2n) is 5.37. The van der Waals surface area contributed by atoms with Crippen molar-refractivity contribution in [3.8, 4) is 5.75 Å². The minimum absolute atomic E-state index is 0.179. The first kappa shape index (κ1) is 14.7. The first-order valence-electron chi connectivity index (χ1n) is 6.92. The van der Waals surface area contributed by atoms with E-state index < -0.39 is 0 Å². The first-order valence-corrected chi connectivity index (χ1v) is 7.67. The minimum Gasteiger partial charge on any atom is -0.497 e. The zero-order chi connectivity index (χ0) is 15.0. The van der Waals surface area contributed by atoms with Crippen molar-refractivity contribution >= 4 is 23.2 Å². The van der Waals surface area contributed by atoms with Crippen LogP contribution in [0.1, 0.15) is 22.7 Å². The van der Waals surface area contributed by atoms with Gasteiger partial charge in [-0.25, -0.2) is 0 Å². The molecule has 21 heavy (non-hydrogen) atoms. The highest BCUT2D eigenvalue weighted by atomic mass is 35.5. The molecule has 0 aromatic heterocycles. The molecule has 0 amide bonds. The van der Waals surface area contributed by atoms with Crippen molar-refractivity contribution in [3.05, 3.63) is 63.1 Å². The largest absolute Gasteiger partial charge is 0.497 e. The summed E-state index contributed by atoms with van der Waals surface area (Å²) in [6.07, 6.45) is 1.05. The topological polar surface area (TPSA) is 12.5 Å². The van der Waals surface area contributed by atoms with Gasteiger partial charge in [0.25, 0.3) is 0 Å². The van der Waals surface area contributed by atoms with Gasteiger partial charge in [0.15, 0.2) is 0 Å². The average molecular weight is 322 g/mol. The van der Waals surface area contributed by atoms with Crippen LogP contribution in [0.5, 0.6) is 5.75 Å². The molecule has 110 valence electrons. The van der Waals surface area contributed by atoms with Crippen LogP contribution in [0.15, 0.2) is 36.4 Å². The van der Waals surface area contributed by atoms with Crippen LogP contribution in [0.25, 0.3) is 0 Å². The number of halogens is 2. The highest BCUT2D eigenvalue weighted by molar-refractivity contribution is 6.42. The van der Waals surface area contributed by atoms with Crippen LogP contribution in [0.4, 0.5) is 0 Å². The van der Waals surface area contributed by atoms with Crippen molar-refractivity contribution in [2.45, 2.75) is 12.5 Å². The SMILES string of the molecule is COc1ccc2c(c1)C(c1ccc(Cl)c(Cl)c1)N(C)CC2. The van der Waals surface area contributed by atoms with Gasteiger partial charge >= 0.3 is 0 Å². The van der Waals surface area contributed by atoms with Gasteiger partial charge in [-0.1, -0.05) is 35.3 Å². The molecule has 1 aliphatic rings. The summed E-state index contributed by atoms with van der Waals surface area (Å²) in [5.41, 5.74) is 3.80. The first-order chi connectivity index (χ1) is 10.1. The Morgan fingerprint density at radius 3 is 2.62 bits per heavy atom. The summed E-state index contributed by atoms with van der Waals surface area (Å²) in [5.74, 6) is 0.883. The summed E-state index contributed by atoms with van der Waals surface area (Å²) in [6, 6.07) is 12.4. The number of fused-ring (bicyclic) bond motifs is 1. The van der Waals surface area contributed by atoms with Crippen LogP contribution >= 0.6 is 23.2 Å². The third-order valence-electron chi connectivity index (χ3n) is 4.08. The molecule has 1 unspecified atom stereocenters. The van der Waals surface area contributed by atoms with E-state index in [1.807, 2.05) is 24.3 Å². The fourth-order valence-electron chi connectivity index (χ4n) is 2.96. The monoisotopic (exact) mass is 321 g/mol. The van der Waals surface area contributed by atoms with Gasteiger partial charge in [-0.05, 0) is 54.4 Å². The van der Waals surface area contributed by atoms with Gasteiger partial charge in [-0.2, -0.15) is 0 Å². The molecule has 4 heteroatoms. The van der Waals surface area contributed by atoms with Gasteiger partial charge < -0.3 is 4.74 Å². The lowest BCUT2D eigenvalue weighted by Gasteiger charge is -2.35. The van der Waals surface area contributed by atoms with Crippen LogP contribution in [0, 0.1) is 0 Å². The van der Waals surface area contributed by atoms with Gasteiger partial charge in [-0.3, -0.25) is 4.90 Å². The Labute approximate surface area is 135 Å². The van der Waals surface area contributed by atoms with Crippen LogP contribution in [-0.2, 0) is 6.42 Å². The summed E-state index contributed by atoms with van der Waals surface area (Å²) in [6.45, 7) is 1.02. The third kappa shape index (κ3) is 2.76. The van der Waals surface area contributed by atoms with Gasteiger partial charge in [0.05, 0.1) is 23.2 Å². The molecule has 0 bridgehead atoms. The van der Waals surface area contributed by atoms with E-state index in [0.717, 1.165) is 24.3 Å². The highest BCUT2D eigenvalue weighted by Crippen LogP contribution is 2.37. The Hall–Kier alpha value is -1.22. The average Bonchev–Trinajstić information content (AvgIpc) is 2.49. The number of ether oxygens (including phenoxy) is 1. The molecular formula is C17H17Cl2NO. The van der Waals surface area contributed by atoms with Crippen LogP contribution in [0.3, 0.4) is 0 Å². The molecule has 1 atom stereocenters. The van der Waals surface area contributed by atoms with E-state index in [1.165, 1.54) is 11.1 Å². The number of benzene rings is 2. The van der Waals surface area contributed by atoms with E-state index in [-0.39, 0.29) is 6.04 Å². The number of methoxy groups -OCH3 is 1. The van der Waals surface area contributed by atoms with Gasteiger partial charge in [0.1, 0.15) is 5.75 Å². The Bertz CT molecular complexity index is 672. The quantitative estimate of drug-likeness (QED) is 0.802. The molecule has 0 fully saturated rings. The Morgan fingerprint density at radius 2 is 1.90 bits per heavy atom. The van der Waals surface area contributed by atoms with E-state index in [4.69, 9.17) is 27.9 Å². The summed E-state index contributed by atoms with van der Waals surface area (Å²) in [4.78, 5) is 2.33. The van der Waals surface area contributed by atoms with Crippen molar-refractivity contribution in [3.63, 3.8) is 0 Å². The molecule has 1 heterocycles. The molecule has 0 N–H and O–H groups in total. The standard InChI is InChI=1S/C17H17Cl2NO/c1-20-8-7-11-3-5-13(21-2)10-14(11)17(20)12-4-6-15(18)16(19)9-12/h3-6,9-10,17H,7-8H2,1-2H3. The summed E-state index contributed by atoms with van der Waals surface area (Å²) < 4.78 is 5.38. The van der Waals surface area contributed by atoms with E-state index in [1.54, 1.807) is 7.11 Å². The van der Waals surface area contributed by atoms with Crippen molar-refractivity contribution in [1.29, 1.82) is 0 Å². The molecule has 2 aromatic carbocycles. The van der Waals surface area contributed by atoms with Crippen LogP contribution in [-0.4, -0.2) is 25.6 Å². The van der Waals surface area contributed by atoms with Crippen molar-refractivity contribution in [1.82, 2.24) is 4.90 Å². The molecule has 0 radical (unpaired) electrons. The molecule has 0 saturated carbocycles. The number of nitrogens with zero attached hydrogens (tertiary/aromatic N) is 1. The van der Waals surface area contributed by atoms with E-state index in [0.29, 0.717) is 10.0 Å². The van der Waals surface area contributed by atoms with Gasteiger partial charge in [0.2, 0.25) is 0 Å². The molecule has 1 aliphatic heterocycles. The maximum atomic E-state index is 6.19. The zero-order valence-corrected chi connectivity index (χ0v) is 13.6. The lowest BCUT2D eigenvalue weighted by Crippen LogP contribution is -2.32. The second-order valence-corrected chi connectivity index (χ2v) is 6.19. The molecule has 2 nitrogen and oxygen atoms in total. The molecule has 2 aromatic rings. The predicted octanol–water partition coefficient (Wildman–Crippen LogP) is 4.58. The fraction of sp³-hybridized carbons (Fsp3) is 0.294. The van der Waals surface area contributed by atoms with Gasteiger partial charge in [-0.15, -0.1) is 0 Å². The molecule has 3 rings (SSSR count). The Balaban J connectivity index is 2.11. The maximum absolute atomic E-state index is 6.19. The Kier molecular flexibility index (Phi) is 4.12. The molecule has 0 aliphatic carbocycles. The maximum Gasteiger partial charge on any atom is 0.119 e. The zero-order valence-electron chi connectivity index (χ0n) is 12.1. The summed E-state index contributed by atoms with van der Waals surface area (Å²) in [7, 11) is 3.83. The Morgan fingerprint density at radius 1 is 1.10 bits per heavy atom.